The van der Waals surface area contributed by atoms with E-state index in [0.29, 0.717) is 5.75 Å². The number of benzene rings is 2. The fourth-order valence-electron chi connectivity index (χ4n) is 1.94. The summed E-state index contributed by atoms with van der Waals surface area (Å²) >= 11 is 0. The Kier molecular flexibility index (Phi) is 5.00. The second-order valence-electron chi connectivity index (χ2n) is 4.75. The van der Waals surface area contributed by atoms with Crippen LogP contribution in [0.25, 0.3) is 12.2 Å². The number of esters is 1. The highest BCUT2D eigenvalue weighted by Gasteiger charge is 2.17. The highest BCUT2D eigenvalue weighted by Crippen LogP contribution is 2.26. The van der Waals surface area contributed by atoms with Crippen LogP contribution in [0.1, 0.15) is 18.1 Å². The van der Waals surface area contributed by atoms with Crippen molar-refractivity contribution in [2.24, 2.45) is 0 Å². The van der Waals surface area contributed by atoms with Crippen molar-refractivity contribution in [1.82, 2.24) is 0 Å². The van der Waals surface area contributed by atoms with Gasteiger partial charge in [0.2, 0.25) is 0 Å². The van der Waals surface area contributed by atoms with Crippen LogP contribution in [-0.2, 0) is 4.79 Å². The summed E-state index contributed by atoms with van der Waals surface area (Å²) in [6, 6.07) is 9.97. The molecule has 0 aliphatic carbocycles. The molecule has 0 aliphatic rings. The third-order valence-electron chi connectivity index (χ3n) is 3.02. The predicted molar refractivity (Wildman–Crippen MR) is 86.4 cm³/mol. The monoisotopic (exact) mass is 328 g/mol. The molecule has 0 radical (unpaired) electrons. The maximum absolute atomic E-state index is 11.1. The summed E-state index contributed by atoms with van der Waals surface area (Å²) < 4.78 is 4.90. The fourth-order valence-corrected chi connectivity index (χ4v) is 1.94. The molecule has 0 aliphatic heterocycles. The van der Waals surface area contributed by atoms with Crippen molar-refractivity contribution in [1.29, 1.82) is 0 Å². The second-order valence-corrected chi connectivity index (χ2v) is 4.75. The molecule has 2 aromatic rings. The fraction of sp³-hybridized carbons (Fsp3) is 0.0625. The first-order chi connectivity index (χ1) is 11.4. The maximum atomic E-state index is 11.1. The van der Waals surface area contributed by atoms with Crippen molar-refractivity contribution < 1.29 is 19.4 Å². The first-order valence-electron chi connectivity index (χ1n) is 6.76. The molecule has 2 rings (SSSR count). The summed E-state index contributed by atoms with van der Waals surface area (Å²) in [7, 11) is 0. The molecule has 0 fully saturated rings. The smallest absolute Gasteiger partial charge is 0.308 e. The molecule has 8 nitrogen and oxygen atoms in total. The van der Waals surface area contributed by atoms with E-state index < -0.39 is 15.8 Å². The van der Waals surface area contributed by atoms with Crippen molar-refractivity contribution in [3.8, 4) is 5.75 Å². The van der Waals surface area contributed by atoms with Crippen LogP contribution in [-0.4, -0.2) is 15.8 Å². The molecule has 0 spiro atoms. The normalized spacial score (nSPS) is 10.5. The molecule has 0 aromatic heterocycles. The van der Waals surface area contributed by atoms with Gasteiger partial charge in [0.25, 0.3) is 11.4 Å². The van der Waals surface area contributed by atoms with Gasteiger partial charge >= 0.3 is 5.97 Å². The second kappa shape index (κ2) is 7.14. The van der Waals surface area contributed by atoms with Crippen molar-refractivity contribution in [2.75, 3.05) is 0 Å². The van der Waals surface area contributed by atoms with Gasteiger partial charge in [-0.05, 0) is 29.8 Å². The van der Waals surface area contributed by atoms with Crippen molar-refractivity contribution in [2.45, 2.75) is 6.92 Å². The highest BCUT2D eigenvalue weighted by atomic mass is 16.6. The van der Waals surface area contributed by atoms with Crippen LogP contribution >= 0.6 is 0 Å². The van der Waals surface area contributed by atoms with Gasteiger partial charge in [-0.3, -0.25) is 25.0 Å². The predicted octanol–water partition coefficient (Wildman–Crippen LogP) is 3.60. The zero-order valence-electron chi connectivity index (χ0n) is 12.5. The van der Waals surface area contributed by atoms with Crippen LogP contribution in [0, 0.1) is 20.2 Å². The number of rotatable bonds is 5. The van der Waals surface area contributed by atoms with Crippen molar-refractivity contribution in [3.63, 3.8) is 0 Å². The minimum absolute atomic E-state index is 0.245. The molecular weight excluding hydrogens is 316 g/mol. The average molecular weight is 328 g/mol. The van der Waals surface area contributed by atoms with Gasteiger partial charge in [-0.1, -0.05) is 18.2 Å². The Labute approximate surface area is 136 Å². The molecule has 0 heterocycles. The average Bonchev–Trinajstić information content (AvgIpc) is 2.53. The lowest BCUT2D eigenvalue weighted by molar-refractivity contribution is -0.394. The molecule has 0 saturated carbocycles. The van der Waals surface area contributed by atoms with Crippen LogP contribution in [0.3, 0.4) is 0 Å². The van der Waals surface area contributed by atoms with Crippen LogP contribution in [0.5, 0.6) is 5.75 Å². The summed E-state index contributed by atoms with van der Waals surface area (Å²) in [5.74, 6) is -0.0410. The summed E-state index contributed by atoms with van der Waals surface area (Å²) in [6.45, 7) is 1.29. The molecule has 122 valence electrons. The first-order valence-corrected chi connectivity index (χ1v) is 6.76. The SMILES string of the molecule is CC(=O)Oc1ccc(/C=C/c2ccc([N+](=O)[O-])cc2[N+](=O)[O-])cc1. The van der Waals surface area contributed by atoms with E-state index in [1.54, 1.807) is 30.3 Å². The highest BCUT2D eigenvalue weighted by molar-refractivity contribution is 5.75. The van der Waals surface area contributed by atoms with Gasteiger partial charge in [0.15, 0.2) is 0 Å². The summed E-state index contributed by atoms with van der Waals surface area (Å²) in [5.41, 5.74) is 0.273. The third-order valence-corrected chi connectivity index (χ3v) is 3.02. The summed E-state index contributed by atoms with van der Waals surface area (Å²) in [4.78, 5) is 31.2. The Hall–Kier alpha value is -3.55. The van der Waals surface area contributed by atoms with Gasteiger partial charge in [0.05, 0.1) is 21.5 Å². The lowest BCUT2D eigenvalue weighted by Gasteiger charge is -2.01. The Morgan fingerprint density at radius 3 is 2.21 bits per heavy atom. The molecule has 0 N–H and O–H groups in total. The Balaban J connectivity index is 2.26. The minimum atomic E-state index is -0.686. The lowest BCUT2D eigenvalue weighted by Crippen LogP contribution is -2.00. The zero-order valence-corrected chi connectivity index (χ0v) is 12.5. The lowest BCUT2D eigenvalue weighted by atomic mass is 10.1. The van der Waals surface area contributed by atoms with Crippen LogP contribution in [0.15, 0.2) is 42.5 Å². The maximum Gasteiger partial charge on any atom is 0.308 e. The molecule has 0 saturated heterocycles. The van der Waals surface area contributed by atoms with Crippen LogP contribution in [0.4, 0.5) is 11.4 Å². The Morgan fingerprint density at radius 1 is 1.00 bits per heavy atom. The van der Waals surface area contributed by atoms with Crippen LogP contribution < -0.4 is 4.74 Å². The van der Waals surface area contributed by atoms with E-state index in [9.17, 15) is 25.0 Å². The molecule has 0 unspecified atom stereocenters. The number of carbonyl (C=O) groups excluding carboxylic acids is 1. The summed E-state index contributed by atoms with van der Waals surface area (Å²) in [5, 5.41) is 21.8. The molecular formula is C16H12N2O6. The number of ether oxygens (including phenoxy) is 1. The van der Waals surface area contributed by atoms with Crippen molar-refractivity contribution in [3.05, 3.63) is 73.8 Å². The van der Waals surface area contributed by atoms with Gasteiger partial charge in [-0.15, -0.1) is 0 Å². The van der Waals surface area contributed by atoms with Crippen LogP contribution in [0.2, 0.25) is 0 Å². The quantitative estimate of drug-likeness (QED) is 0.272. The third kappa shape index (κ3) is 4.23. The van der Waals surface area contributed by atoms with E-state index in [-0.39, 0.29) is 16.9 Å². The van der Waals surface area contributed by atoms with E-state index >= 15 is 0 Å². The van der Waals surface area contributed by atoms with Gasteiger partial charge < -0.3 is 4.74 Å². The van der Waals surface area contributed by atoms with E-state index in [1.165, 1.54) is 25.1 Å². The molecule has 0 bridgehead atoms. The van der Waals surface area contributed by atoms with Gasteiger partial charge in [0, 0.05) is 13.0 Å². The molecule has 2 aromatic carbocycles. The minimum Gasteiger partial charge on any atom is -0.427 e. The van der Waals surface area contributed by atoms with E-state index in [1.807, 2.05) is 0 Å². The Morgan fingerprint density at radius 2 is 1.67 bits per heavy atom. The van der Waals surface area contributed by atoms with E-state index in [0.717, 1.165) is 11.6 Å². The number of hydrogen-bond donors (Lipinski definition) is 0. The van der Waals surface area contributed by atoms with Crippen molar-refractivity contribution >= 4 is 29.5 Å². The van der Waals surface area contributed by atoms with E-state index in [2.05, 4.69) is 0 Å². The molecule has 0 atom stereocenters. The summed E-state index contributed by atoms with van der Waals surface area (Å²) in [6.07, 6.45) is 3.11. The number of non-ortho nitro benzene ring substituents is 1. The number of nitro benzene ring substituents is 2. The van der Waals surface area contributed by atoms with E-state index in [4.69, 9.17) is 4.74 Å². The first kappa shape index (κ1) is 16.8. The van der Waals surface area contributed by atoms with Gasteiger partial charge in [-0.25, -0.2) is 0 Å². The molecule has 8 heteroatoms. The van der Waals surface area contributed by atoms with Gasteiger partial charge in [-0.2, -0.15) is 0 Å². The Bertz CT molecular complexity index is 827. The zero-order chi connectivity index (χ0) is 17.7. The number of nitrogens with zero attached hydrogens (tertiary/aromatic N) is 2. The molecule has 24 heavy (non-hydrogen) atoms. The number of hydrogen-bond acceptors (Lipinski definition) is 6. The number of nitro groups is 2. The topological polar surface area (TPSA) is 113 Å². The molecule has 0 amide bonds. The largest absolute Gasteiger partial charge is 0.427 e. The number of carbonyl (C=O) groups is 1. The van der Waals surface area contributed by atoms with Gasteiger partial charge in [0.1, 0.15) is 5.75 Å². The standard InChI is InChI=1S/C16H12N2O6/c1-11(19)24-15-8-3-12(4-9-15)2-5-13-6-7-14(17(20)21)10-16(13)18(22)23/h2-10H,1H3/b5-2+.